The first-order valence-electron chi connectivity index (χ1n) is 9.89. The number of thiophene rings is 1. The summed E-state index contributed by atoms with van der Waals surface area (Å²) in [5, 5.41) is 3.83. The van der Waals surface area contributed by atoms with E-state index in [2.05, 4.69) is 0 Å². The molecule has 1 unspecified atom stereocenters. The first-order valence-corrected chi connectivity index (χ1v) is 10.8. The zero-order chi connectivity index (χ0) is 22.1. The molecule has 1 saturated heterocycles. The molecular formula is C24H24N2O4S. The van der Waals surface area contributed by atoms with E-state index in [-0.39, 0.29) is 18.4 Å². The number of anilines is 2. The molecule has 1 aliphatic heterocycles. The molecule has 1 atom stereocenters. The number of nitrogens with zero attached hydrogens (tertiary/aromatic N) is 2. The molecule has 7 heteroatoms. The zero-order valence-electron chi connectivity index (χ0n) is 17.9. The topological polar surface area (TPSA) is 59.1 Å². The number of hydrogen-bond acceptors (Lipinski definition) is 5. The van der Waals surface area contributed by atoms with Crippen molar-refractivity contribution in [3.63, 3.8) is 0 Å². The highest BCUT2D eigenvalue weighted by molar-refractivity contribution is 7.08. The summed E-state index contributed by atoms with van der Waals surface area (Å²) in [5.41, 5.74) is 4.11. The van der Waals surface area contributed by atoms with Crippen LogP contribution in [0.15, 0.2) is 53.2 Å². The molecule has 0 saturated carbocycles. The number of aryl methyl sites for hydroxylation is 2. The van der Waals surface area contributed by atoms with Gasteiger partial charge in [0.1, 0.15) is 24.1 Å². The Balaban J connectivity index is 1.84. The lowest BCUT2D eigenvalue weighted by molar-refractivity contribution is -0.128. The molecule has 2 amide bonds. The van der Waals surface area contributed by atoms with E-state index in [1.165, 1.54) is 16.2 Å². The summed E-state index contributed by atoms with van der Waals surface area (Å²) in [7, 11) is 3.10. The van der Waals surface area contributed by atoms with Gasteiger partial charge in [-0.05, 0) is 60.0 Å². The molecule has 4 rings (SSSR count). The second-order valence-electron chi connectivity index (χ2n) is 7.48. The van der Waals surface area contributed by atoms with Crippen molar-refractivity contribution in [2.75, 3.05) is 30.6 Å². The van der Waals surface area contributed by atoms with Crippen molar-refractivity contribution in [1.29, 1.82) is 0 Å². The fourth-order valence-corrected chi connectivity index (χ4v) is 4.65. The van der Waals surface area contributed by atoms with Crippen molar-refractivity contribution in [3.8, 4) is 11.5 Å². The highest BCUT2D eigenvalue weighted by Crippen LogP contribution is 2.40. The quantitative estimate of drug-likeness (QED) is 0.591. The van der Waals surface area contributed by atoms with Gasteiger partial charge in [0.25, 0.3) is 5.91 Å². The van der Waals surface area contributed by atoms with E-state index in [1.54, 1.807) is 37.3 Å². The predicted molar refractivity (Wildman–Crippen MR) is 122 cm³/mol. The zero-order valence-corrected chi connectivity index (χ0v) is 18.7. The van der Waals surface area contributed by atoms with Crippen molar-refractivity contribution in [3.05, 3.63) is 69.9 Å². The number of ether oxygens (including phenoxy) is 2. The minimum absolute atomic E-state index is 0.0870. The predicted octanol–water partition coefficient (Wildman–Crippen LogP) is 4.50. The monoisotopic (exact) mass is 436 g/mol. The maximum Gasteiger partial charge on any atom is 0.255 e. The standard InChI is InChI=1S/C24H24N2O4S/c1-15-5-7-19(16(2)11-15)26-22(27)13-25(24(28)23(26)17-9-10-31-14-17)20-12-18(29-3)6-8-21(20)30-4/h5-12,14,23H,13H2,1-4H3. The largest absolute Gasteiger partial charge is 0.497 e. The molecule has 31 heavy (non-hydrogen) atoms. The van der Waals surface area contributed by atoms with E-state index >= 15 is 0 Å². The average Bonchev–Trinajstić information content (AvgIpc) is 3.29. The Bertz CT molecular complexity index is 1130. The summed E-state index contributed by atoms with van der Waals surface area (Å²) in [4.78, 5) is 30.4. The molecule has 0 spiro atoms. The Morgan fingerprint density at radius 1 is 0.968 bits per heavy atom. The van der Waals surface area contributed by atoms with E-state index < -0.39 is 6.04 Å². The lowest BCUT2D eigenvalue weighted by atomic mass is 10.00. The Hall–Kier alpha value is -3.32. The van der Waals surface area contributed by atoms with Crippen LogP contribution in [0.4, 0.5) is 11.4 Å². The molecule has 2 aromatic carbocycles. The maximum atomic E-state index is 13.8. The first kappa shape index (κ1) is 20.9. The van der Waals surface area contributed by atoms with E-state index in [0.29, 0.717) is 17.2 Å². The molecule has 3 aromatic rings. The van der Waals surface area contributed by atoms with Gasteiger partial charge in [0.2, 0.25) is 5.91 Å². The molecule has 0 N–H and O–H groups in total. The van der Waals surface area contributed by atoms with Gasteiger partial charge < -0.3 is 9.47 Å². The minimum Gasteiger partial charge on any atom is -0.497 e. The van der Waals surface area contributed by atoms with Crippen LogP contribution in [0.25, 0.3) is 0 Å². The molecule has 0 radical (unpaired) electrons. The molecule has 0 bridgehead atoms. The summed E-state index contributed by atoms with van der Waals surface area (Å²) in [6.45, 7) is 3.88. The molecule has 1 aromatic heterocycles. The third-order valence-electron chi connectivity index (χ3n) is 5.47. The average molecular weight is 437 g/mol. The van der Waals surface area contributed by atoms with Crippen LogP contribution in [0.2, 0.25) is 0 Å². The van der Waals surface area contributed by atoms with Gasteiger partial charge in [-0.15, -0.1) is 0 Å². The summed E-state index contributed by atoms with van der Waals surface area (Å²) < 4.78 is 10.8. The van der Waals surface area contributed by atoms with Crippen LogP contribution in [0.5, 0.6) is 11.5 Å². The van der Waals surface area contributed by atoms with Gasteiger partial charge in [0.15, 0.2) is 0 Å². The van der Waals surface area contributed by atoms with Crippen LogP contribution >= 0.6 is 11.3 Å². The van der Waals surface area contributed by atoms with Crippen LogP contribution in [-0.4, -0.2) is 32.6 Å². The van der Waals surface area contributed by atoms with E-state index in [0.717, 1.165) is 22.4 Å². The Morgan fingerprint density at radius 2 is 1.77 bits per heavy atom. The Kier molecular flexibility index (Phi) is 5.69. The highest BCUT2D eigenvalue weighted by atomic mass is 32.1. The lowest BCUT2D eigenvalue weighted by Gasteiger charge is -2.41. The number of benzene rings is 2. The van der Waals surface area contributed by atoms with Crippen LogP contribution in [0.1, 0.15) is 22.7 Å². The number of rotatable bonds is 5. The number of carbonyl (C=O) groups excluding carboxylic acids is 2. The highest BCUT2D eigenvalue weighted by Gasteiger charge is 2.43. The van der Waals surface area contributed by atoms with Gasteiger partial charge in [-0.25, -0.2) is 0 Å². The van der Waals surface area contributed by atoms with Gasteiger partial charge in [-0.3, -0.25) is 19.4 Å². The second-order valence-corrected chi connectivity index (χ2v) is 8.26. The number of carbonyl (C=O) groups is 2. The molecule has 1 fully saturated rings. The molecular weight excluding hydrogens is 412 g/mol. The van der Waals surface area contributed by atoms with Crippen molar-refractivity contribution in [2.24, 2.45) is 0 Å². The van der Waals surface area contributed by atoms with Gasteiger partial charge in [-0.2, -0.15) is 11.3 Å². The number of piperazine rings is 1. The van der Waals surface area contributed by atoms with Crippen molar-refractivity contribution >= 4 is 34.5 Å². The smallest absolute Gasteiger partial charge is 0.255 e. The molecule has 1 aliphatic rings. The van der Waals surface area contributed by atoms with E-state index in [1.807, 2.05) is 48.9 Å². The normalized spacial score (nSPS) is 16.6. The Labute approximate surface area is 185 Å². The van der Waals surface area contributed by atoms with Gasteiger partial charge >= 0.3 is 0 Å². The van der Waals surface area contributed by atoms with E-state index in [4.69, 9.17) is 9.47 Å². The number of amides is 2. The van der Waals surface area contributed by atoms with Crippen LogP contribution in [0.3, 0.4) is 0 Å². The van der Waals surface area contributed by atoms with Crippen molar-refractivity contribution in [2.45, 2.75) is 19.9 Å². The molecule has 2 heterocycles. The lowest BCUT2D eigenvalue weighted by Crippen LogP contribution is -2.56. The van der Waals surface area contributed by atoms with Crippen LogP contribution in [0, 0.1) is 13.8 Å². The molecule has 0 aliphatic carbocycles. The van der Waals surface area contributed by atoms with Crippen LogP contribution in [-0.2, 0) is 9.59 Å². The maximum absolute atomic E-state index is 13.8. The minimum atomic E-state index is -0.759. The van der Waals surface area contributed by atoms with Crippen molar-refractivity contribution < 1.29 is 19.1 Å². The SMILES string of the molecule is COc1ccc(OC)c(N2CC(=O)N(c3ccc(C)cc3C)C(c3ccsc3)C2=O)c1. The Morgan fingerprint density at radius 3 is 2.42 bits per heavy atom. The van der Waals surface area contributed by atoms with E-state index in [9.17, 15) is 9.59 Å². The summed E-state index contributed by atoms with van der Waals surface area (Å²) >= 11 is 1.50. The first-order chi connectivity index (χ1) is 14.9. The van der Waals surface area contributed by atoms with Gasteiger partial charge in [0.05, 0.1) is 19.9 Å². The summed E-state index contributed by atoms with van der Waals surface area (Å²) in [6, 6.07) is 12.3. The second kappa shape index (κ2) is 8.43. The fraction of sp³-hybridized carbons (Fsp3) is 0.250. The van der Waals surface area contributed by atoms with Gasteiger partial charge in [0, 0.05) is 11.8 Å². The fourth-order valence-electron chi connectivity index (χ4n) is 3.97. The third kappa shape index (κ3) is 3.77. The number of methoxy groups -OCH3 is 2. The summed E-state index contributed by atoms with van der Waals surface area (Å²) in [6.07, 6.45) is 0. The van der Waals surface area contributed by atoms with Crippen LogP contribution < -0.4 is 19.3 Å². The van der Waals surface area contributed by atoms with Crippen molar-refractivity contribution in [1.82, 2.24) is 0 Å². The number of hydrogen-bond donors (Lipinski definition) is 0. The molecule has 160 valence electrons. The molecule has 6 nitrogen and oxygen atoms in total. The third-order valence-corrected chi connectivity index (χ3v) is 6.17. The van der Waals surface area contributed by atoms with Gasteiger partial charge in [-0.1, -0.05) is 17.7 Å². The summed E-state index contributed by atoms with van der Waals surface area (Å²) in [5.74, 6) is 0.739.